The first kappa shape index (κ1) is 10.4. The molecule has 1 saturated heterocycles. The zero-order chi connectivity index (χ0) is 11.7. The van der Waals surface area contributed by atoms with Crippen LogP contribution in [0, 0.1) is 0 Å². The highest BCUT2D eigenvalue weighted by molar-refractivity contribution is 5.98. The molecule has 0 aliphatic carbocycles. The predicted molar refractivity (Wildman–Crippen MR) is 69.2 cm³/mol. The molecule has 0 radical (unpaired) electrons. The Hall–Kier alpha value is -1.81. The van der Waals surface area contributed by atoms with Crippen LogP contribution in [0.15, 0.2) is 30.6 Å². The van der Waals surface area contributed by atoms with Crippen molar-refractivity contribution in [2.75, 3.05) is 36.9 Å². The van der Waals surface area contributed by atoms with E-state index in [1.165, 1.54) is 0 Å². The Balaban J connectivity index is 2.07. The van der Waals surface area contributed by atoms with Gasteiger partial charge in [0, 0.05) is 36.3 Å². The molecular weight excluding hydrogens is 214 g/mol. The standard InChI is InChI=1S/C13H15N3O/c14-13-11-3-4-15-9-10(11)1-2-12(13)16-5-7-17-8-6-16/h1-4,9H,5-8,14H2. The maximum Gasteiger partial charge on any atom is 0.0642 e. The normalized spacial score (nSPS) is 16.4. The maximum absolute atomic E-state index is 6.24. The second kappa shape index (κ2) is 4.22. The Labute approximate surface area is 100.0 Å². The lowest BCUT2D eigenvalue weighted by atomic mass is 10.1. The maximum atomic E-state index is 6.24. The van der Waals surface area contributed by atoms with Gasteiger partial charge >= 0.3 is 0 Å². The van der Waals surface area contributed by atoms with Crippen molar-refractivity contribution in [3.63, 3.8) is 0 Å². The summed E-state index contributed by atoms with van der Waals surface area (Å²) in [6.45, 7) is 3.35. The monoisotopic (exact) mass is 229 g/mol. The van der Waals surface area contributed by atoms with Crippen LogP contribution in [0.2, 0.25) is 0 Å². The molecule has 1 aliphatic rings. The number of fused-ring (bicyclic) bond motifs is 1. The summed E-state index contributed by atoms with van der Waals surface area (Å²) in [4.78, 5) is 6.38. The van der Waals surface area contributed by atoms with Gasteiger partial charge in [0.25, 0.3) is 0 Å². The molecule has 0 amide bonds. The van der Waals surface area contributed by atoms with E-state index in [0.29, 0.717) is 0 Å². The molecule has 0 spiro atoms. The van der Waals surface area contributed by atoms with Gasteiger partial charge in [-0.3, -0.25) is 4.98 Å². The van der Waals surface area contributed by atoms with E-state index in [1.807, 2.05) is 12.3 Å². The number of ether oxygens (including phenoxy) is 1. The molecule has 1 aromatic carbocycles. The van der Waals surface area contributed by atoms with Gasteiger partial charge in [0.2, 0.25) is 0 Å². The first-order valence-electron chi connectivity index (χ1n) is 5.81. The van der Waals surface area contributed by atoms with Gasteiger partial charge in [0.05, 0.1) is 24.6 Å². The predicted octanol–water partition coefficient (Wildman–Crippen LogP) is 1.65. The molecule has 88 valence electrons. The first-order valence-corrected chi connectivity index (χ1v) is 5.81. The van der Waals surface area contributed by atoms with Crippen LogP contribution in [0.1, 0.15) is 0 Å². The average Bonchev–Trinajstić information content (AvgIpc) is 2.40. The van der Waals surface area contributed by atoms with Gasteiger partial charge in [-0.05, 0) is 12.1 Å². The second-order valence-electron chi connectivity index (χ2n) is 4.19. The number of rotatable bonds is 1. The average molecular weight is 229 g/mol. The van der Waals surface area contributed by atoms with Gasteiger partial charge in [-0.25, -0.2) is 0 Å². The van der Waals surface area contributed by atoms with Crippen molar-refractivity contribution in [1.82, 2.24) is 4.98 Å². The highest BCUT2D eigenvalue weighted by Crippen LogP contribution is 2.31. The van der Waals surface area contributed by atoms with Crippen LogP contribution >= 0.6 is 0 Å². The van der Waals surface area contributed by atoms with Crippen molar-refractivity contribution in [1.29, 1.82) is 0 Å². The summed E-state index contributed by atoms with van der Waals surface area (Å²) >= 11 is 0. The molecule has 1 fully saturated rings. The van der Waals surface area contributed by atoms with Gasteiger partial charge in [-0.2, -0.15) is 0 Å². The Morgan fingerprint density at radius 2 is 2.00 bits per heavy atom. The molecule has 0 saturated carbocycles. The van der Waals surface area contributed by atoms with Crippen molar-refractivity contribution in [2.45, 2.75) is 0 Å². The Kier molecular flexibility index (Phi) is 2.57. The van der Waals surface area contributed by atoms with Crippen LogP contribution in [0.3, 0.4) is 0 Å². The number of benzene rings is 1. The van der Waals surface area contributed by atoms with E-state index in [9.17, 15) is 0 Å². The number of nitrogens with zero attached hydrogens (tertiary/aromatic N) is 2. The number of anilines is 2. The summed E-state index contributed by atoms with van der Waals surface area (Å²) < 4.78 is 5.36. The van der Waals surface area contributed by atoms with Crippen molar-refractivity contribution in [3.05, 3.63) is 30.6 Å². The van der Waals surface area contributed by atoms with E-state index in [2.05, 4.69) is 22.0 Å². The highest BCUT2D eigenvalue weighted by Gasteiger charge is 2.14. The molecule has 0 unspecified atom stereocenters. The summed E-state index contributed by atoms with van der Waals surface area (Å²) in [5.41, 5.74) is 8.18. The molecule has 2 heterocycles. The van der Waals surface area contributed by atoms with Crippen LogP contribution in [0.5, 0.6) is 0 Å². The van der Waals surface area contributed by atoms with Gasteiger partial charge < -0.3 is 15.4 Å². The van der Waals surface area contributed by atoms with Gasteiger partial charge in [-0.15, -0.1) is 0 Å². The van der Waals surface area contributed by atoms with Gasteiger partial charge in [0.1, 0.15) is 0 Å². The minimum atomic E-state index is 0.772. The Bertz CT molecular complexity index is 535. The molecule has 17 heavy (non-hydrogen) atoms. The molecular formula is C13H15N3O. The number of hydrogen-bond donors (Lipinski definition) is 1. The fraction of sp³-hybridized carbons (Fsp3) is 0.308. The van der Waals surface area contributed by atoms with E-state index < -0.39 is 0 Å². The summed E-state index contributed by atoms with van der Waals surface area (Å²) in [5, 5.41) is 2.16. The third-order valence-electron chi connectivity index (χ3n) is 3.19. The molecule has 2 aromatic rings. The Morgan fingerprint density at radius 3 is 2.82 bits per heavy atom. The molecule has 1 aliphatic heterocycles. The minimum absolute atomic E-state index is 0.772. The van der Waals surface area contributed by atoms with Crippen molar-refractivity contribution in [2.24, 2.45) is 0 Å². The van der Waals surface area contributed by atoms with E-state index in [-0.39, 0.29) is 0 Å². The molecule has 4 nitrogen and oxygen atoms in total. The zero-order valence-corrected chi connectivity index (χ0v) is 9.60. The topological polar surface area (TPSA) is 51.4 Å². The van der Waals surface area contributed by atoms with Crippen LogP contribution in [0.4, 0.5) is 11.4 Å². The minimum Gasteiger partial charge on any atom is -0.397 e. The van der Waals surface area contributed by atoms with E-state index in [4.69, 9.17) is 10.5 Å². The number of hydrogen-bond acceptors (Lipinski definition) is 4. The van der Waals surface area contributed by atoms with E-state index in [0.717, 1.165) is 48.5 Å². The SMILES string of the molecule is Nc1c(N2CCOCC2)ccc2cnccc12. The third-order valence-corrected chi connectivity index (χ3v) is 3.19. The van der Waals surface area contributed by atoms with E-state index >= 15 is 0 Å². The highest BCUT2D eigenvalue weighted by atomic mass is 16.5. The largest absolute Gasteiger partial charge is 0.397 e. The number of nitrogens with two attached hydrogens (primary N) is 1. The van der Waals surface area contributed by atoms with Crippen LogP contribution in [-0.4, -0.2) is 31.3 Å². The molecule has 0 bridgehead atoms. The number of aromatic nitrogens is 1. The van der Waals surface area contributed by atoms with Crippen molar-refractivity contribution in [3.8, 4) is 0 Å². The van der Waals surface area contributed by atoms with Crippen molar-refractivity contribution >= 4 is 22.1 Å². The number of nitrogen functional groups attached to an aromatic ring is 1. The molecule has 2 N–H and O–H groups in total. The third kappa shape index (κ3) is 1.80. The quantitative estimate of drug-likeness (QED) is 0.755. The molecule has 3 rings (SSSR count). The van der Waals surface area contributed by atoms with Gasteiger partial charge in [0.15, 0.2) is 0 Å². The fourth-order valence-corrected chi connectivity index (χ4v) is 2.26. The summed E-state index contributed by atoms with van der Waals surface area (Å²) in [6, 6.07) is 6.11. The molecule has 1 aromatic heterocycles. The molecule has 4 heteroatoms. The lowest BCUT2D eigenvalue weighted by molar-refractivity contribution is 0.123. The van der Waals surface area contributed by atoms with Crippen LogP contribution in [0.25, 0.3) is 10.8 Å². The first-order chi connectivity index (χ1) is 8.36. The summed E-state index contributed by atoms with van der Waals surface area (Å²) in [7, 11) is 0. The lowest BCUT2D eigenvalue weighted by Crippen LogP contribution is -2.36. The van der Waals surface area contributed by atoms with Crippen LogP contribution < -0.4 is 10.6 Å². The summed E-state index contributed by atoms with van der Waals surface area (Å²) in [6.07, 6.45) is 3.62. The van der Waals surface area contributed by atoms with E-state index in [1.54, 1.807) is 6.20 Å². The number of morpholine rings is 1. The Morgan fingerprint density at radius 1 is 1.18 bits per heavy atom. The van der Waals surface area contributed by atoms with Gasteiger partial charge in [-0.1, -0.05) is 6.07 Å². The number of pyridine rings is 1. The van der Waals surface area contributed by atoms with Crippen molar-refractivity contribution < 1.29 is 4.74 Å². The smallest absolute Gasteiger partial charge is 0.0642 e. The zero-order valence-electron chi connectivity index (χ0n) is 9.60. The lowest BCUT2D eigenvalue weighted by Gasteiger charge is -2.30. The molecule has 0 atom stereocenters. The summed E-state index contributed by atoms with van der Waals surface area (Å²) in [5.74, 6) is 0. The fourth-order valence-electron chi connectivity index (χ4n) is 2.26. The van der Waals surface area contributed by atoms with Crippen LogP contribution in [-0.2, 0) is 4.74 Å². The second-order valence-corrected chi connectivity index (χ2v) is 4.19.